The van der Waals surface area contributed by atoms with Crippen LogP contribution >= 0.6 is 0 Å². The maximum absolute atomic E-state index is 12.6. The van der Waals surface area contributed by atoms with Crippen LogP contribution in [0.4, 0.5) is 0 Å². The second-order valence-electron chi connectivity index (χ2n) is 12.8. The monoisotopic (exact) mass is 618 g/mol. The summed E-state index contributed by atoms with van der Waals surface area (Å²) in [5.41, 5.74) is 4.82. The standard InChI is InChI=1S/C42H50O4/c1-2-3-7-12-32-15-17-33(18-16-32)34-19-21-35(22-20-34)36-23-25-38(26-24-36)45-29-10-4-5-11-30-46-39-27-28-40(41(43)31-39)42(44)37-13-8-6-9-14-37/h6,8-9,13-14,19-28,31-33,43H,2-5,7,10-12,15-18,29-30H2,1H3/t32-,33-. The lowest BCUT2D eigenvalue weighted by molar-refractivity contribution is 0.103. The Labute approximate surface area is 275 Å². The number of carbonyl (C=O) groups is 1. The van der Waals surface area contributed by atoms with E-state index in [2.05, 4.69) is 55.5 Å². The van der Waals surface area contributed by atoms with Gasteiger partial charge >= 0.3 is 0 Å². The summed E-state index contributed by atoms with van der Waals surface area (Å²) in [7, 11) is 0. The second kappa shape index (κ2) is 17.6. The summed E-state index contributed by atoms with van der Waals surface area (Å²) in [4.78, 5) is 12.6. The van der Waals surface area contributed by atoms with Crippen molar-refractivity contribution in [2.75, 3.05) is 13.2 Å². The van der Waals surface area contributed by atoms with E-state index < -0.39 is 0 Å². The van der Waals surface area contributed by atoms with Crippen LogP contribution < -0.4 is 9.47 Å². The summed E-state index contributed by atoms with van der Waals surface area (Å²) in [5, 5.41) is 10.4. The number of phenols is 1. The van der Waals surface area contributed by atoms with E-state index in [4.69, 9.17) is 9.47 Å². The van der Waals surface area contributed by atoms with Crippen LogP contribution in [0, 0.1) is 5.92 Å². The molecule has 1 aliphatic rings. The molecular weight excluding hydrogens is 568 g/mol. The largest absolute Gasteiger partial charge is 0.507 e. The summed E-state index contributed by atoms with van der Waals surface area (Å²) in [5.74, 6) is 2.90. The number of hydrogen-bond acceptors (Lipinski definition) is 4. The molecule has 0 amide bonds. The van der Waals surface area contributed by atoms with Crippen molar-refractivity contribution < 1.29 is 19.4 Å². The minimum atomic E-state index is -0.201. The number of carbonyl (C=O) groups excluding carboxylic acids is 1. The average molecular weight is 619 g/mol. The molecule has 4 aromatic rings. The molecule has 0 aliphatic heterocycles. The molecule has 0 unspecified atom stereocenters. The molecule has 4 nitrogen and oxygen atoms in total. The van der Waals surface area contributed by atoms with Gasteiger partial charge in [-0.05, 0) is 104 Å². The zero-order valence-corrected chi connectivity index (χ0v) is 27.5. The Kier molecular flexibility index (Phi) is 12.7. The first-order chi connectivity index (χ1) is 22.6. The molecule has 0 bridgehead atoms. The van der Waals surface area contributed by atoms with Gasteiger partial charge in [0.1, 0.15) is 17.2 Å². The van der Waals surface area contributed by atoms with Crippen molar-refractivity contribution in [3.8, 4) is 28.4 Å². The van der Waals surface area contributed by atoms with Crippen LogP contribution in [-0.4, -0.2) is 24.1 Å². The molecule has 1 fully saturated rings. The lowest BCUT2D eigenvalue weighted by atomic mass is 9.77. The molecule has 5 rings (SSSR count). The number of ether oxygens (including phenoxy) is 2. The normalized spacial score (nSPS) is 16.2. The van der Waals surface area contributed by atoms with Crippen LogP contribution in [0.5, 0.6) is 17.2 Å². The molecule has 242 valence electrons. The zero-order chi connectivity index (χ0) is 32.0. The van der Waals surface area contributed by atoms with Gasteiger partial charge in [-0.15, -0.1) is 0 Å². The molecular formula is C42H50O4. The van der Waals surface area contributed by atoms with Crippen LogP contribution in [0.25, 0.3) is 11.1 Å². The van der Waals surface area contributed by atoms with Crippen molar-refractivity contribution >= 4 is 5.78 Å². The minimum Gasteiger partial charge on any atom is -0.507 e. The van der Waals surface area contributed by atoms with Crippen LogP contribution in [0.2, 0.25) is 0 Å². The molecule has 0 saturated heterocycles. The van der Waals surface area contributed by atoms with E-state index in [0.29, 0.717) is 24.5 Å². The highest BCUT2D eigenvalue weighted by Crippen LogP contribution is 2.38. The fourth-order valence-electron chi connectivity index (χ4n) is 6.63. The third-order valence-electron chi connectivity index (χ3n) is 9.46. The zero-order valence-electron chi connectivity index (χ0n) is 27.5. The van der Waals surface area contributed by atoms with Gasteiger partial charge in [0.2, 0.25) is 0 Å². The number of phenolic OH excluding ortho intramolecular Hbond substituents is 1. The lowest BCUT2D eigenvalue weighted by Crippen LogP contribution is -2.13. The maximum Gasteiger partial charge on any atom is 0.196 e. The molecule has 4 heteroatoms. The van der Waals surface area contributed by atoms with Gasteiger partial charge in [-0.25, -0.2) is 0 Å². The van der Waals surface area contributed by atoms with E-state index >= 15 is 0 Å². The Morgan fingerprint density at radius 1 is 0.674 bits per heavy atom. The molecule has 1 N–H and O–H groups in total. The summed E-state index contributed by atoms with van der Waals surface area (Å²) < 4.78 is 11.8. The van der Waals surface area contributed by atoms with E-state index in [0.717, 1.165) is 43.3 Å². The first-order valence-electron chi connectivity index (χ1n) is 17.5. The van der Waals surface area contributed by atoms with Crippen LogP contribution in [-0.2, 0) is 0 Å². The van der Waals surface area contributed by atoms with E-state index in [1.165, 1.54) is 74.1 Å². The first kappa shape index (κ1) is 33.3. The molecule has 1 aliphatic carbocycles. The third kappa shape index (κ3) is 9.72. The lowest BCUT2D eigenvalue weighted by Gasteiger charge is -2.29. The van der Waals surface area contributed by atoms with Gasteiger partial charge < -0.3 is 14.6 Å². The van der Waals surface area contributed by atoms with Gasteiger partial charge in [-0.1, -0.05) is 99.3 Å². The quantitative estimate of drug-likeness (QED) is 0.0945. The summed E-state index contributed by atoms with van der Waals surface area (Å²) in [6, 6.07) is 31.6. The van der Waals surface area contributed by atoms with Crippen LogP contribution in [0.1, 0.15) is 111 Å². The Hall–Kier alpha value is -4.05. The Morgan fingerprint density at radius 2 is 1.28 bits per heavy atom. The first-order valence-corrected chi connectivity index (χ1v) is 17.5. The Balaban J connectivity index is 0.951. The van der Waals surface area contributed by atoms with E-state index in [-0.39, 0.29) is 17.1 Å². The molecule has 0 heterocycles. The molecule has 0 aromatic heterocycles. The van der Waals surface area contributed by atoms with Gasteiger partial charge in [0.25, 0.3) is 0 Å². The highest BCUT2D eigenvalue weighted by molar-refractivity contribution is 6.10. The Bertz CT molecular complexity index is 1470. The third-order valence-corrected chi connectivity index (χ3v) is 9.46. The SMILES string of the molecule is CCCCC[C@H]1CC[C@H](c2ccc(-c3ccc(OCCCCCCOc4ccc(C(=O)c5ccccc5)c(O)c4)cc3)cc2)CC1. The van der Waals surface area contributed by atoms with E-state index in [1.54, 1.807) is 24.3 Å². The average Bonchev–Trinajstić information content (AvgIpc) is 3.10. The number of rotatable bonds is 17. The van der Waals surface area contributed by atoms with Crippen molar-refractivity contribution in [1.29, 1.82) is 0 Å². The molecule has 4 aromatic carbocycles. The van der Waals surface area contributed by atoms with Crippen molar-refractivity contribution in [2.24, 2.45) is 5.92 Å². The number of aromatic hydroxyl groups is 1. The summed E-state index contributed by atoms with van der Waals surface area (Å²) in [6.07, 6.45) is 15.0. The van der Waals surface area contributed by atoms with Gasteiger partial charge in [-0.3, -0.25) is 4.79 Å². The summed E-state index contributed by atoms with van der Waals surface area (Å²) >= 11 is 0. The van der Waals surface area contributed by atoms with Gasteiger partial charge in [0.15, 0.2) is 5.78 Å². The minimum absolute atomic E-state index is 0.0601. The molecule has 1 saturated carbocycles. The van der Waals surface area contributed by atoms with Crippen LogP contribution in [0.15, 0.2) is 97.1 Å². The number of benzene rings is 4. The van der Waals surface area contributed by atoms with Crippen molar-refractivity contribution in [2.45, 2.75) is 89.9 Å². The molecule has 0 radical (unpaired) electrons. The van der Waals surface area contributed by atoms with Crippen molar-refractivity contribution in [1.82, 2.24) is 0 Å². The molecule has 0 atom stereocenters. The smallest absolute Gasteiger partial charge is 0.196 e. The number of ketones is 1. The fraction of sp³-hybridized carbons (Fsp3) is 0.405. The van der Waals surface area contributed by atoms with Gasteiger partial charge in [0, 0.05) is 11.6 Å². The highest BCUT2D eigenvalue weighted by Gasteiger charge is 2.22. The van der Waals surface area contributed by atoms with Gasteiger partial charge in [0.05, 0.1) is 18.8 Å². The maximum atomic E-state index is 12.6. The highest BCUT2D eigenvalue weighted by atomic mass is 16.5. The Morgan fingerprint density at radius 3 is 1.91 bits per heavy atom. The summed E-state index contributed by atoms with van der Waals surface area (Å²) in [6.45, 7) is 3.55. The fourth-order valence-corrected chi connectivity index (χ4v) is 6.63. The van der Waals surface area contributed by atoms with Crippen molar-refractivity contribution in [3.05, 3.63) is 114 Å². The van der Waals surface area contributed by atoms with Crippen molar-refractivity contribution in [3.63, 3.8) is 0 Å². The molecule has 0 spiro atoms. The predicted octanol–water partition coefficient (Wildman–Crippen LogP) is 11.2. The topological polar surface area (TPSA) is 55.8 Å². The molecule has 46 heavy (non-hydrogen) atoms. The predicted molar refractivity (Wildman–Crippen MR) is 188 cm³/mol. The van der Waals surface area contributed by atoms with E-state index in [9.17, 15) is 9.90 Å². The number of unbranched alkanes of at least 4 members (excludes halogenated alkanes) is 5. The van der Waals surface area contributed by atoms with Gasteiger partial charge in [-0.2, -0.15) is 0 Å². The van der Waals surface area contributed by atoms with Crippen LogP contribution in [0.3, 0.4) is 0 Å². The van der Waals surface area contributed by atoms with E-state index in [1.807, 2.05) is 18.2 Å². The number of hydrogen-bond donors (Lipinski definition) is 1. The second-order valence-corrected chi connectivity index (χ2v) is 12.8.